The number of hydrogen-bond donors (Lipinski definition) is 2. The van der Waals surface area contributed by atoms with Crippen LogP contribution in [0.2, 0.25) is 0 Å². The molecule has 22 heavy (non-hydrogen) atoms. The van der Waals surface area contributed by atoms with E-state index in [-0.39, 0.29) is 17.6 Å². The molecule has 0 fully saturated rings. The molecular weight excluding hydrogens is 413 g/mol. The second kappa shape index (κ2) is 8.04. The van der Waals surface area contributed by atoms with Gasteiger partial charge in [0.2, 0.25) is 0 Å². The van der Waals surface area contributed by atoms with E-state index in [4.69, 9.17) is 17.0 Å². The minimum atomic E-state index is -0.328. The molecule has 0 aliphatic carbocycles. The molecule has 7 heteroatoms. The van der Waals surface area contributed by atoms with Crippen molar-refractivity contribution in [3.05, 3.63) is 51.7 Å². The topological polar surface area (TPSA) is 63.2 Å². The molecule has 2 rings (SSSR count). The van der Waals surface area contributed by atoms with Crippen LogP contribution < -0.4 is 15.4 Å². The molecule has 0 radical (unpaired) electrons. The van der Waals surface area contributed by atoms with Gasteiger partial charge >= 0.3 is 0 Å². The highest BCUT2D eigenvalue weighted by Gasteiger charge is 2.07. The summed E-state index contributed by atoms with van der Waals surface area (Å²) in [6, 6.07) is 11.2. The summed E-state index contributed by atoms with van der Waals surface area (Å²) in [4.78, 5) is 15.9. The zero-order valence-corrected chi connectivity index (χ0v) is 14.8. The lowest BCUT2D eigenvalue weighted by atomic mass is 10.2. The van der Waals surface area contributed by atoms with Crippen molar-refractivity contribution in [3.8, 4) is 5.75 Å². The Hall–Kier alpha value is -1.74. The van der Waals surface area contributed by atoms with E-state index in [0.29, 0.717) is 11.6 Å². The van der Waals surface area contributed by atoms with Crippen molar-refractivity contribution in [2.75, 3.05) is 11.9 Å². The van der Waals surface area contributed by atoms with Crippen LogP contribution in [0.4, 0.5) is 5.82 Å². The van der Waals surface area contributed by atoms with Gasteiger partial charge in [-0.15, -0.1) is 0 Å². The molecule has 0 spiro atoms. The number of carbonyl (C=O) groups is 1. The maximum absolute atomic E-state index is 11.8. The average molecular weight is 427 g/mol. The number of aryl methyl sites for hydroxylation is 1. The number of pyridine rings is 1. The maximum atomic E-state index is 11.8. The van der Waals surface area contributed by atoms with Crippen LogP contribution in [-0.4, -0.2) is 22.6 Å². The number of benzene rings is 1. The van der Waals surface area contributed by atoms with Crippen LogP contribution in [0.25, 0.3) is 0 Å². The summed E-state index contributed by atoms with van der Waals surface area (Å²) < 4.78 is 6.47. The fourth-order valence-corrected chi connectivity index (χ4v) is 2.16. The number of rotatable bonds is 4. The molecule has 0 atom stereocenters. The highest BCUT2D eigenvalue weighted by atomic mass is 127. The summed E-state index contributed by atoms with van der Waals surface area (Å²) in [5, 5.41) is 5.57. The van der Waals surface area contributed by atoms with E-state index in [0.717, 1.165) is 9.13 Å². The molecular formula is C15H14IN3O2S. The summed E-state index contributed by atoms with van der Waals surface area (Å²) in [5.74, 6) is 0.924. The molecule has 1 aromatic carbocycles. The van der Waals surface area contributed by atoms with Crippen molar-refractivity contribution in [3.63, 3.8) is 0 Å². The predicted molar refractivity (Wildman–Crippen MR) is 98.0 cm³/mol. The Morgan fingerprint density at radius 1 is 1.32 bits per heavy atom. The van der Waals surface area contributed by atoms with E-state index in [1.807, 2.05) is 37.3 Å². The van der Waals surface area contributed by atoms with E-state index < -0.39 is 0 Å². The molecule has 1 aromatic heterocycles. The van der Waals surface area contributed by atoms with E-state index in [2.05, 4.69) is 38.2 Å². The van der Waals surface area contributed by atoms with Gasteiger partial charge in [-0.2, -0.15) is 0 Å². The number of para-hydroxylation sites is 1. The molecule has 1 amide bonds. The number of ether oxygens (including phenoxy) is 1. The van der Waals surface area contributed by atoms with Gasteiger partial charge in [0, 0.05) is 9.77 Å². The summed E-state index contributed by atoms with van der Waals surface area (Å²) in [5.41, 5.74) is 0.971. The van der Waals surface area contributed by atoms with Gasteiger partial charge in [-0.3, -0.25) is 10.1 Å². The third-order valence-corrected chi connectivity index (χ3v) is 3.52. The van der Waals surface area contributed by atoms with Crippen LogP contribution in [0.1, 0.15) is 5.56 Å². The van der Waals surface area contributed by atoms with E-state index in [9.17, 15) is 4.79 Å². The largest absolute Gasteiger partial charge is 0.483 e. The van der Waals surface area contributed by atoms with Crippen molar-refractivity contribution < 1.29 is 9.53 Å². The molecule has 1 heterocycles. The number of halogens is 1. The number of thiocarbonyl (C=S) groups is 1. The summed E-state index contributed by atoms with van der Waals surface area (Å²) in [6.45, 7) is 1.81. The van der Waals surface area contributed by atoms with Crippen molar-refractivity contribution in [1.29, 1.82) is 0 Å². The molecule has 0 saturated carbocycles. The minimum Gasteiger partial charge on any atom is -0.483 e. The van der Waals surface area contributed by atoms with Crippen LogP contribution in [0, 0.1) is 10.5 Å². The summed E-state index contributed by atoms with van der Waals surface area (Å²) >= 11 is 7.22. The van der Waals surface area contributed by atoms with Gasteiger partial charge in [0.05, 0.1) is 0 Å². The highest BCUT2D eigenvalue weighted by Crippen LogP contribution is 2.15. The molecule has 5 nitrogen and oxygen atoms in total. The maximum Gasteiger partial charge on any atom is 0.264 e. The first-order valence-corrected chi connectivity index (χ1v) is 7.94. The molecule has 114 valence electrons. The van der Waals surface area contributed by atoms with E-state index in [1.165, 1.54) is 0 Å². The van der Waals surface area contributed by atoms with Gasteiger partial charge < -0.3 is 10.1 Å². The Morgan fingerprint density at radius 2 is 2.09 bits per heavy atom. The number of amides is 1. The molecule has 2 aromatic rings. The zero-order valence-electron chi connectivity index (χ0n) is 11.8. The van der Waals surface area contributed by atoms with E-state index >= 15 is 0 Å². The number of nitrogens with one attached hydrogen (secondary N) is 2. The van der Waals surface area contributed by atoms with Crippen molar-refractivity contribution >= 4 is 51.6 Å². The van der Waals surface area contributed by atoms with Gasteiger partial charge in [-0.1, -0.05) is 18.2 Å². The zero-order chi connectivity index (χ0) is 15.9. The molecule has 0 saturated heterocycles. The van der Waals surface area contributed by atoms with Crippen molar-refractivity contribution in [1.82, 2.24) is 10.3 Å². The molecule has 0 unspecified atom stereocenters. The quantitative estimate of drug-likeness (QED) is 0.581. The summed E-state index contributed by atoms with van der Waals surface area (Å²) in [6.07, 6.45) is 1.70. The third kappa shape index (κ3) is 5.23. The Morgan fingerprint density at radius 3 is 2.77 bits per heavy atom. The van der Waals surface area contributed by atoms with Gasteiger partial charge in [0.1, 0.15) is 11.6 Å². The smallest absolute Gasteiger partial charge is 0.264 e. The second-order valence-corrected chi connectivity index (χ2v) is 6.07. The van der Waals surface area contributed by atoms with Crippen molar-refractivity contribution in [2.45, 2.75) is 6.92 Å². The average Bonchev–Trinajstić information content (AvgIpc) is 2.49. The number of hydrogen-bond acceptors (Lipinski definition) is 4. The first kappa shape index (κ1) is 16.6. The molecule has 0 aliphatic rings. The SMILES string of the molecule is Cc1ccccc1OCC(=O)NC(=S)Nc1ccc(I)cn1. The van der Waals surface area contributed by atoms with Crippen LogP contribution in [0.3, 0.4) is 0 Å². The second-order valence-electron chi connectivity index (χ2n) is 4.42. The van der Waals surface area contributed by atoms with Crippen molar-refractivity contribution in [2.24, 2.45) is 0 Å². The Kier molecular flexibility index (Phi) is 6.08. The van der Waals surface area contributed by atoms with Gasteiger partial charge in [-0.05, 0) is 65.5 Å². The molecule has 0 aliphatic heterocycles. The van der Waals surface area contributed by atoms with E-state index in [1.54, 1.807) is 12.3 Å². The highest BCUT2D eigenvalue weighted by molar-refractivity contribution is 14.1. The van der Waals surface area contributed by atoms with Crippen LogP contribution >= 0.6 is 34.8 Å². The van der Waals surface area contributed by atoms with Gasteiger partial charge in [0.25, 0.3) is 5.91 Å². The standard InChI is InChI=1S/C15H14IN3O2S/c1-10-4-2-3-5-12(10)21-9-14(20)19-15(22)18-13-7-6-11(16)8-17-13/h2-8H,9H2,1H3,(H2,17,18,19,20,22). The third-order valence-electron chi connectivity index (χ3n) is 2.67. The first-order chi connectivity index (χ1) is 10.5. The number of anilines is 1. The fourth-order valence-electron chi connectivity index (χ4n) is 1.62. The molecule has 2 N–H and O–H groups in total. The lowest BCUT2D eigenvalue weighted by Gasteiger charge is -2.11. The number of nitrogens with zero attached hydrogens (tertiary/aromatic N) is 1. The normalized spacial score (nSPS) is 9.91. The van der Waals surface area contributed by atoms with Gasteiger partial charge in [0.15, 0.2) is 11.7 Å². The predicted octanol–water partition coefficient (Wildman–Crippen LogP) is 2.89. The Balaban J connectivity index is 1.80. The lowest BCUT2D eigenvalue weighted by molar-refractivity contribution is -0.121. The number of carbonyl (C=O) groups excluding carboxylic acids is 1. The minimum absolute atomic E-state index is 0.104. The lowest BCUT2D eigenvalue weighted by Crippen LogP contribution is -2.37. The Labute approximate surface area is 147 Å². The molecule has 0 bridgehead atoms. The van der Waals surface area contributed by atoms with Gasteiger partial charge in [-0.25, -0.2) is 4.98 Å². The van der Waals surface area contributed by atoms with Crippen LogP contribution in [0.5, 0.6) is 5.75 Å². The monoisotopic (exact) mass is 427 g/mol. The van der Waals surface area contributed by atoms with Crippen LogP contribution in [0.15, 0.2) is 42.6 Å². The fraction of sp³-hybridized carbons (Fsp3) is 0.133. The Bertz CT molecular complexity index is 677. The summed E-state index contributed by atoms with van der Waals surface area (Å²) in [7, 11) is 0. The number of aromatic nitrogens is 1. The van der Waals surface area contributed by atoms with Crippen LogP contribution in [-0.2, 0) is 4.79 Å². The first-order valence-electron chi connectivity index (χ1n) is 6.45.